The minimum Gasteiger partial charge on any atom is -0.493 e. The van der Waals surface area contributed by atoms with Gasteiger partial charge in [0.05, 0.1) is 21.3 Å². The monoisotopic (exact) mass is 473 g/mol. The quantitative estimate of drug-likeness (QED) is 0.362. The van der Waals surface area contributed by atoms with Crippen LogP contribution < -0.4 is 14.2 Å². The van der Waals surface area contributed by atoms with Crippen molar-refractivity contribution in [3.63, 3.8) is 0 Å². The molecule has 2 aromatic carbocycles. The first kappa shape index (κ1) is 23.0. The largest absolute Gasteiger partial charge is 0.493 e. The molecular formula is C28H31N3O4. The molecule has 1 aromatic heterocycles. The van der Waals surface area contributed by atoms with Gasteiger partial charge in [0.25, 0.3) is 0 Å². The van der Waals surface area contributed by atoms with Crippen LogP contribution in [0.15, 0.2) is 53.7 Å². The molecule has 0 aliphatic heterocycles. The van der Waals surface area contributed by atoms with Crippen molar-refractivity contribution in [3.8, 4) is 17.2 Å². The van der Waals surface area contributed by atoms with Crippen molar-refractivity contribution in [2.45, 2.75) is 31.1 Å². The van der Waals surface area contributed by atoms with Gasteiger partial charge in [0, 0.05) is 29.0 Å². The van der Waals surface area contributed by atoms with Crippen molar-refractivity contribution >= 4 is 11.8 Å². The van der Waals surface area contributed by atoms with E-state index >= 15 is 0 Å². The first-order valence-corrected chi connectivity index (χ1v) is 11.9. The van der Waals surface area contributed by atoms with Crippen LogP contribution in [0.4, 0.5) is 0 Å². The molecule has 1 atom stereocenters. The third-order valence-corrected chi connectivity index (χ3v) is 7.27. The fraction of sp³-hybridized carbons (Fsp3) is 0.357. The standard InChI is InChI=1S/C28H31N3O4/c1-32-23-15-20(16-24(33-2)27(23)34-3)28(19-11-6-5-7-12-19)14-13-21-22(17-28)29-30-26(21)25(31-35-4)18-9-8-10-18/h5-7,11-16,18H,8-10,17H2,1-4H3,(H,29,30). The molecule has 5 rings (SSSR count). The number of hydrogen-bond donors (Lipinski definition) is 1. The van der Waals surface area contributed by atoms with Crippen molar-refractivity contribution in [1.29, 1.82) is 0 Å². The Kier molecular flexibility index (Phi) is 6.24. The predicted molar refractivity (Wildman–Crippen MR) is 136 cm³/mol. The summed E-state index contributed by atoms with van der Waals surface area (Å²) in [5, 5.41) is 12.4. The molecule has 7 heteroatoms. The van der Waals surface area contributed by atoms with Gasteiger partial charge in [-0.2, -0.15) is 5.10 Å². The van der Waals surface area contributed by atoms with Gasteiger partial charge in [0.2, 0.25) is 5.75 Å². The summed E-state index contributed by atoms with van der Waals surface area (Å²) in [5.74, 6) is 2.22. The highest BCUT2D eigenvalue weighted by Crippen LogP contribution is 2.47. The molecular weight excluding hydrogens is 442 g/mol. The molecule has 0 saturated heterocycles. The lowest BCUT2D eigenvalue weighted by molar-refractivity contribution is 0.208. The molecule has 3 aromatic rings. The first-order chi connectivity index (χ1) is 17.1. The zero-order valence-corrected chi connectivity index (χ0v) is 20.6. The molecule has 0 bridgehead atoms. The number of nitrogens with zero attached hydrogens (tertiary/aromatic N) is 2. The number of ether oxygens (including phenoxy) is 3. The Morgan fingerprint density at radius 2 is 1.69 bits per heavy atom. The van der Waals surface area contributed by atoms with Crippen LogP contribution in [0.5, 0.6) is 17.2 Å². The molecule has 2 aliphatic rings. The van der Waals surface area contributed by atoms with E-state index in [-0.39, 0.29) is 0 Å². The van der Waals surface area contributed by atoms with E-state index in [9.17, 15) is 0 Å². The highest BCUT2D eigenvalue weighted by Gasteiger charge is 2.39. The lowest BCUT2D eigenvalue weighted by atomic mass is 9.68. The average molecular weight is 474 g/mol. The number of fused-ring (bicyclic) bond motifs is 1. The molecule has 7 nitrogen and oxygen atoms in total. The Morgan fingerprint density at radius 1 is 0.971 bits per heavy atom. The molecule has 0 spiro atoms. The second kappa shape index (κ2) is 9.49. The Morgan fingerprint density at radius 3 is 2.26 bits per heavy atom. The number of oxime groups is 1. The second-order valence-corrected chi connectivity index (χ2v) is 9.01. The SMILES string of the molecule is CON=C(c1n[nH]c2c1C=CC(c1ccccc1)(c1cc(OC)c(OC)c(OC)c1)C2)C1CCC1. The topological polar surface area (TPSA) is 78.0 Å². The highest BCUT2D eigenvalue weighted by molar-refractivity contribution is 6.04. The lowest BCUT2D eigenvalue weighted by Crippen LogP contribution is -2.31. The molecule has 35 heavy (non-hydrogen) atoms. The molecule has 1 N–H and O–H groups in total. The maximum absolute atomic E-state index is 5.69. The summed E-state index contributed by atoms with van der Waals surface area (Å²) < 4.78 is 17.0. The maximum Gasteiger partial charge on any atom is 0.203 e. The van der Waals surface area contributed by atoms with Gasteiger partial charge in [0.15, 0.2) is 11.5 Å². The van der Waals surface area contributed by atoms with Crippen molar-refractivity contribution < 1.29 is 19.0 Å². The van der Waals surface area contributed by atoms with Gasteiger partial charge >= 0.3 is 0 Å². The van der Waals surface area contributed by atoms with Gasteiger partial charge in [-0.3, -0.25) is 5.10 Å². The third kappa shape index (κ3) is 3.85. The van der Waals surface area contributed by atoms with E-state index in [0.29, 0.717) is 29.6 Å². The Balaban J connectivity index is 1.66. The number of methoxy groups -OCH3 is 3. The number of rotatable bonds is 8. The smallest absolute Gasteiger partial charge is 0.203 e. The molecule has 182 valence electrons. The minimum atomic E-state index is -0.458. The lowest BCUT2D eigenvalue weighted by Gasteiger charge is -2.35. The van der Waals surface area contributed by atoms with Crippen LogP contribution >= 0.6 is 0 Å². The van der Waals surface area contributed by atoms with E-state index < -0.39 is 5.41 Å². The van der Waals surface area contributed by atoms with Crippen molar-refractivity contribution in [2.24, 2.45) is 11.1 Å². The highest BCUT2D eigenvalue weighted by atomic mass is 16.6. The molecule has 1 heterocycles. The van der Waals surface area contributed by atoms with Gasteiger partial charge in [-0.25, -0.2) is 0 Å². The number of allylic oxidation sites excluding steroid dienone is 1. The van der Waals surface area contributed by atoms with Crippen molar-refractivity contribution in [2.75, 3.05) is 28.4 Å². The summed E-state index contributed by atoms with van der Waals surface area (Å²) in [6.45, 7) is 0. The summed E-state index contributed by atoms with van der Waals surface area (Å²) in [6.07, 6.45) is 8.57. The Hall–Kier alpha value is -3.74. The minimum absolute atomic E-state index is 0.395. The Labute approximate surface area is 205 Å². The summed E-state index contributed by atoms with van der Waals surface area (Å²) >= 11 is 0. The molecule has 0 amide bonds. The third-order valence-electron chi connectivity index (χ3n) is 7.27. The molecule has 2 aliphatic carbocycles. The first-order valence-electron chi connectivity index (χ1n) is 11.9. The van der Waals surface area contributed by atoms with E-state index in [2.05, 4.69) is 46.7 Å². The van der Waals surface area contributed by atoms with Gasteiger partial charge in [-0.05, 0) is 36.1 Å². The number of H-pyrrole nitrogens is 1. The second-order valence-electron chi connectivity index (χ2n) is 9.01. The van der Waals surface area contributed by atoms with Crippen LogP contribution in [0.3, 0.4) is 0 Å². The summed E-state index contributed by atoms with van der Waals surface area (Å²) in [5.41, 5.74) is 5.70. The summed E-state index contributed by atoms with van der Waals surface area (Å²) in [7, 11) is 6.50. The predicted octanol–water partition coefficient (Wildman–Crippen LogP) is 5.14. The summed E-state index contributed by atoms with van der Waals surface area (Å²) in [6, 6.07) is 14.5. The normalized spacial score (nSPS) is 19.6. The van der Waals surface area contributed by atoms with Crippen LogP contribution in [-0.2, 0) is 16.7 Å². The molecule has 1 fully saturated rings. The van der Waals surface area contributed by atoms with Gasteiger partial charge in [-0.15, -0.1) is 0 Å². The maximum atomic E-state index is 5.69. The van der Waals surface area contributed by atoms with Crippen LogP contribution in [0.25, 0.3) is 6.08 Å². The van der Waals surface area contributed by atoms with E-state index in [1.54, 1.807) is 28.4 Å². The zero-order chi connectivity index (χ0) is 24.4. The fourth-order valence-corrected chi connectivity index (χ4v) is 5.19. The van der Waals surface area contributed by atoms with Crippen molar-refractivity contribution in [1.82, 2.24) is 10.2 Å². The zero-order valence-electron chi connectivity index (χ0n) is 20.6. The fourth-order valence-electron chi connectivity index (χ4n) is 5.19. The van der Waals surface area contributed by atoms with Gasteiger partial charge in [-0.1, -0.05) is 54.1 Å². The van der Waals surface area contributed by atoms with Gasteiger partial charge < -0.3 is 19.0 Å². The number of hydrogen-bond acceptors (Lipinski definition) is 6. The molecule has 1 saturated carbocycles. The van der Waals surface area contributed by atoms with Crippen LogP contribution in [0.1, 0.15) is 47.3 Å². The van der Waals surface area contributed by atoms with Crippen LogP contribution in [-0.4, -0.2) is 44.3 Å². The number of nitrogens with one attached hydrogen (secondary N) is 1. The number of aromatic amines is 1. The Bertz CT molecular complexity index is 1240. The summed E-state index contributed by atoms with van der Waals surface area (Å²) in [4.78, 5) is 5.20. The van der Waals surface area contributed by atoms with E-state index in [0.717, 1.165) is 46.6 Å². The molecule has 1 unspecified atom stereocenters. The van der Waals surface area contributed by atoms with Crippen molar-refractivity contribution in [3.05, 3.63) is 76.6 Å². The molecule has 0 radical (unpaired) electrons. The van der Waals surface area contributed by atoms with Crippen LogP contribution in [0.2, 0.25) is 0 Å². The number of aromatic nitrogens is 2. The van der Waals surface area contributed by atoms with Gasteiger partial charge in [0.1, 0.15) is 18.5 Å². The average Bonchev–Trinajstić information content (AvgIpc) is 3.29. The van der Waals surface area contributed by atoms with Crippen LogP contribution in [0, 0.1) is 5.92 Å². The van der Waals surface area contributed by atoms with E-state index in [4.69, 9.17) is 24.1 Å². The number of benzene rings is 2. The van der Waals surface area contributed by atoms with E-state index in [1.807, 2.05) is 18.2 Å². The van der Waals surface area contributed by atoms with E-state index in [1.165, 1.54) is 6.42 Å².